The van der Waals surface area contributed by atoms with Crippen LogP contribution >= 0.6 is 0 Å². The fourth-order valence-corrected chi connectivity index (χ4v) is 1.60. The first-order valence-corrected chi connectivity index (χ1v) is 6.45. The van der Waals surface area contributed by atoms with E-state index in [-0.39, 0.29) is 0 Å². The van der Waals surface area contributed by atoms with Gasteiger partial charge in [-0.2, -0.15) is 0 Å². The minimum Gasteiger partial charge on any atom is -0.467 e. The molecule has 0 fully saturated rings. The van der Waals surface area contributed by atoms with Crippen molar-refractivity contribution < 1.29 is 29.1 Å². The molecule has 1 rings (SSSR count). The molecular formula is C14H17N3O6. The lowest BCUT2D eigenvalue weighted by Gasteiger charge is -2.14. The summed E-state index contributed by atoms with van der Waals surface area (Å²) in [7, 11) is 2.17. The van der Waals surface area contributed by atoms with Crippen LogP contribution in [0, 0.1) is 0 Å². The Balaban J connectivity index is 2.74. The number of nitrogens with one attached hydrogen (secondary N) is 2. The van der Waals surface area contributed by atoms with E-state index in [9.17, 15) is 14.4 Å². The molecule has 0 bridgehead atoms. The standard InChI is InChI=1S/C14H17N3O6/c1-8(17-21)9-4-6-10(7-5-9)15-14(20)16-11(12(18)22-2)13(19)23-3/h4-7,11,21H,1-3H3,(H2,15,16,20)/b17-8+. The molecule has 0 radical (unpaired) electrons. The van der Waals surface area contributed by atoms with Gasteiger partial charge in [0.25, 0.3) is 0 Å². The third-order valence-electron chi connectivity index (χ3n) is 2.86. The molecule has 1 aromatic carbocycles. The largest absolute Gasteiger partial charge is 0.467 e. The Morgan fingerprint density at radius 2 is 1.61 bits per heavy atom. The number of oxime groups is 1. The molecular weight excluding hydrogens is 306 g/mol. The van der Waals surface area contributed by atoms with Crippen molar-refractivity contribution in [1.29, 1.82) is 0 Å². The molecule has 124 valence electrons. The van der Waals surface area contributed by atoms with Crippen molar-refractivity contribution in [3.63, 3.8) is 0 Å². The van der Waals surface area contributed by atoms with Crippen LogP contribution in [0.5, 0.6) is 0 Å². The predicted octanol–water partition coefficient (Wildman–Crippen LogP) is 0.721. The summed E-state index contributed by atoms with van der Waals surface area (Å²) in [6, 6.07) is 4.04. The van der Waals surface area contributed by atoms with Crippen LogP contribution in [0.15, 0.2) is 29.4 Å². The van der Waals surface area contributed by atoms with Crippen LogP contribution in [-0.2, 0) is 19.1 Å². The molecule has 0 saturated heterocycles. The lowest BCUT2D eigenvalue weighted by Crippen LogP contribution is -2.49. The first-order valence-electron chi connectivity index (χ1n) is 6.45. The van der Waals surface area contributed by atoms with Gasteiger partial charge in [-0.25, -0.2) is 14.4 Å². The summed E-state index contributed by atoms with van der Waals surface area (Å²) in [6.07, 6.45) is 0. The first-order chi connectivity index (χ1) is 10.9. The maximum Gasteiger partial charge on any atom is 0.340 e. The zero-order valence-electron chi connectivity index (χ0n) is 12.8. The van der Waals surface area contributed by atoms with Crippen molar-refractivity contribution in [3.05, 3.63) is 29.8 Å². The topological polar surface area (TPSA) is 126 Å². The van der Waals surface area contributed by atoms with Gasteiger partial charge in [-0.3, -0.25) is 0 Å². The fraction of sp³-hybridized carbons (Fsp3) is 0.286. The molecule has 0 heterocycles. The quantitative estimate of drug-likeness (QED) is 0.241. The second-order valence-electron chi connectivity index (χ2n) is 4.34. The lowest BCUT2D eigenvalue weighted by molar-refractivity contribution is -0.154. The molecule has 9 heteroatoms. The minimum atomic E-state index is -1.56. The Morgan fingerprint density at radius 3 is 2.04 bits per heavy atom. The van der Waals surface area contributed by atoms with Crippen molar-refractivity contribution in [2.24, 2.45) is 5.16 Å². The van der Waals surface area contributed by atoms with E-state index < -0.39 is 24.0 Å². The Kier molecular flexibility index (Phi) is 6.53. The van der Waals surface area contributed by atoms with E-state index in [2.05, 4.69) is 25.3 Å². The molecule has 0 aliphatic rings. The average Bonchev–Trinajstić information content (AvgIpc) is 2.58. The van der Waals surface area contributed by atoms with Gasteiger partial charge in [0.1, 0.15) is 0 Å². The number of amides is 2. The zero-order chi connectivity index (χ0) is 17.4. The number of anilines is 1. The molecule has 3 N–H and O–H groups in total. The number of esters is 2. The van der Waals surface area contributed by atoms with Crippen molar-refractivity contribution in [3.8, 4) is 0 Å². The van der Waals surface area contributed by atoms with Crippen molar-refractivity contribution >= 4 is 29.4 Å². The van der Waals surface area contributed by atoms with E-state index in [1.807, 2.05) is 0 Å². The van der Waals surface area contributed by atoms with Gasteiger partial charge in [-0.15, -0.1) is 0 Å². The van der Waals surface area contributed by atoms with Gasteiger partial charge in [0.05, 0.1) is 19.9 Å². The third-order valence-corrected chi connectivity index (χ3v) is 2.86. The van der Waals surface area contributed by atoms with Crippen LogP contribution in [0.3, 0.4) is 0 Å². The summed E-state index contributed by atoms with van der Waals surface area (Å²) in [5.41, 5.74) is 1.49. The molecule has 0 aliphatic carbocycles. The average molecular weight is 323 g/mol. The van der Waals surface area contributed by atoms with Crippen LogP contribution in [0.2, 0.25) is 0 Å². The highest BCUT2D eigenvalue weighted by Gasteiger charge is 2.30. The molecule has 0 unspecified atom stereocenters. The smallest absolute Gasteiger partial charge is 0.340 e. The van der Waals surface area contributed by atoms with Crippen LogP contribution in [0.4, 0.5) is 10.5 Å². The van der Waals surface area contributed by atoms with E-state index in [0.717, 1.165) is 14.2 Å². The van der Waals surface area contributed by atoms with Crippen molar-refractivity contribution in [1.82, 2.24) is 5.32 Å². The number of rotatable bonds is 5. The third kappa shape index (κ3) is 4.99. The number of hydrogen-bond donors (Lipinski definition) is 3. The van der Waals surface area contributed by atoms with Gasteiger partial charge >= 0.3 is 18.0 Å². The molecule has 1 aromatic rings. The number of methoxy groups -OCH3 is 2. The van der Waals surface area contributed by atoms with Gasteiger partial charge in [0.15, 0.2) is 0 Å². The van der Waals surface area contributed by atoms with Crippen LogP contribution in [-0.4, -0.2) is 49.2 Å². The summed E-state index contributed by atoms with van der Waals surface area (Å²) in [6.45, 7) is 1.62. The molecule has 0 spiro atoms. The van der Waals surface area contributed by atoms with Gasteiger partial charge in [0, 0.05) is 5.69 Å². The maximum atomic E-state index is 11.8. The highest BCUT2D eigenvalue weighted by Crippen LogP contribution is 2.10. The molecule has 2 amide bonds. The van der Waals surface area contributed by atoms with Gasteiger partial charge < -0.3 is 25.3 Å². The van der Waals surface area contributed by atoms with E-state index in [1.54, 1.807) is 31.2 Å². The molecule has 0 aliphatic heterocycles. The minimum absolute atomic E-state index is 0.408. The Morgan fingerprint density at radius 1 is 1.09 bits per heavy atom. The van der Waals surface area contributed by atoms with E-state index >= 15 is 0 Å². The number of benzene rings is 1. The number of urea groups is 1. The number of carbonyl (C=O) groups excluding carboxylic acids is 3. The molecule has 0 saturated carbocycles. The number of ether oxygens (including phenoxy) is 2. The highest BCUT2D eigenvalue weighted by atomic mass is 16.5. The lowest BCUT2D eigenvalue weighted by atomic mass is 10.1. The van der Waals surface area contributed by atoms with E-state index in [1.165, 1.54) is 0 Å². The van der Waals surface area contributed by atoms with Gasteiger partial charge in [-0.1, -0.05) is 17.3 Å². The molecule has 0 aromatic heterocycles. The number of nitrogens with zero attached hydrogens (tertiary/aromatic N) is 1. The Labute approximate surface area is 132 Å². The predicted molar refractivity (Wildman–Crippen MR) is 80.4 cm³/mol. The second-order valence-corrected chi connectivity index (χ2v) is 4.34. The molecule has 0 atom stereocenters. The number of hydrogen-bond acceptors (Lipinski definition) is 7. The first kappa shape index (κ1) is 18.0. The second kappa shape index (κ2) is 8.37. The van der Waals surface area contributed by atoms with Crippen LogP contribution in [0.1, 0.15) is 12.5 Å². The van der Waals surface area contributed by atoms with Gasteiger partial charge in [-0.05, 0) is 24.6 Å². The summed E-state index contributed by atoms with van der Waals surface area (Å²) in [4.78, 5) is 34.7. The maximum absolute atomic E-state index is 11.8. The van der Waals surface area contributed by atoms with E-state index in [0.29, 0.717) is 17.0 Å². The summed E-state index contributed by atoms with van der Waals surface area (Å²) >= 11 is 0. The van der Waals surface area contributed by atoms with Gasteiger partial charge in [0.2, 0.25) is 6.04 Å². The van der Waals surface area contributed by atoms with Crippen molar-refractivity contribution in [2.45, 2.75) is 13.0 Å². The van der Waals surface area contributed by atoms with Crippen LogP contribution < -0.4 is 10.6 Å². The normalized spacial score (nSPS) is 10.9. The molecule has 9 nitrogen and oxygen atoms in total. The Bertz CT molecular complexity index is 595. The number of carbonyl (C=O) groups is 3. The van der Waals surface area contributed by atoms with Crippen molar-refractivity contribution in [2.75, 3.05) is 19.5 Å². The van der Waals surface area contributed by atoms with E-state index in [4.69, 9.17) is 5.21 Å². The fourth-order valence-electron chi connectivity index (χ4n) is 1.60. The zero-order valence-corrected chi connectivity index (χ0v) is 12.8. The molecule has 23 heavy (non-hydrogen) atoms. The highest BCUT2D eigenvalue weighted by molar-refractivity contribution is 6.04. The monoisotopic (exact) mass is 323 g/mol. The Hall–Kier alpha value is -3.10. The van der Waals surface area contributed by atoms with Crippen LogP contribution in [0.25, 0.3) is 0 Å². The summed E-state index contributed by atoms with van der Waals surface area (Å²) in [5.74, 6) is -1.89. The summed E-state index contributed by atoms with van der Waals surface area (Å²) < 4.78 is 8.84. The summed E-state index contributed by atoms with van der Waals surface area (Å²) in [5, 5.41) is 16.3. The SMILES string of the molecule is COC(=O)C(NC(=O)Nc1ccc(/C(C)=N/O)cc1)C(=O)OC.